The van der Waals surface area contributed by atoms with Gasteiger partial charge in [-0.25, -0.2) is 4.39 Å². The molecule has 1 unspecified atom stereocenters. The first-order chi connectivity index (χ1) is 9.22. The molecule has 3 rings (SSSR count). The summed E-state index contributed by atoms with van der Waals surface area (Å²) in [5.41, 5.74) is 2.00. The maximum absolute atomic E-state index is 13.2. The van der Waals surface area contributed by atoms with Gasteiger partial charge in [-0.1, -0.05) is 17.3 Å². The van der Waals surface area contributed by atoms with Crippen molar-refractivity contribution in [2.24, 2.45) is 0 Å². The average molecular weight is 260 g/mol. The summed E-state index contributed by atoms with van der Waals surface area (Å²) in [6, 6.07) is 9.09. The lowest BCUT2D eigenvalue weighted by molar-refractivity contribution is 0.236. The third-order valence-electron chi connectivity index (χ3n) is 3.63. The minimum atomic E-state index is -0.175. The van der Waals surface area contributed by atoms with Crippen molar-refractivity contribution < 1.29 is 8.91 Å². The second-order valence-corrected chi connectivity index (χ2v) is 5.12. The number of halogens is 1. The maximum atomic E-state index is 13.2. The van der Waals surface area contributed by atoms with Gasteiger partial charge in [0, 0.05) is 12.6 Å². The minimum absolute atomic E-state index is 0.175. The topological polar surface area (TPSA) is 29.3 Å². The first-order valence-electron chi connectivity index (χ1n) is 6.64. The molecule has 0 saturated carbocycles. The molecule has 0 amide bonds. The van der Waals surface area contributed by atoms with Crippen molar-refractivity contribution in [3.05, 3.63) is 53.2 Å². The molecule has 1 fully saturated rings. The fourth-order valence-electron chi connectivity index (χ4n) is 2.76. The van der Waals surface area contributed by atoms with Crippen LogP contribution >= 0.6 is 0 Å². The van der Waals surface area contributed by atoms with Gasteiger partial charge >= 0.3 is 0 Å². The van der Waals surface area contributed by atoms with E-state index >= 15 is 0 Å². The van der Waals surface area contributed by atoms with Gasteiger partial charge in [-0.3, -0.25) is 4.90 Å². The van der Waals surface area contributed by atoms with Crippen LogP contribution in [0, 0.1) is 12.7 Å². The highest BCUT2D eigenvalue weighted by Crippen LogP contribution is 2.32. The molecule has 4 heteroatoms. The van der Waals surface area contributed by atoms with E-state index in [1.807, 2.05) is 19.1 Å². The molecule has 1 aliphatic rings. The van der Waals surface area contributed by atoms with Crippen LogP contribution < -0.4 is 0 Å². The number of benzene rings is 1. The molecule has 0 bridgehead atoms. The SMILES string of the molecule is Cc1cc(C2CCCN2Cc2cccc(F)c2)no1. The number of nitrogens with zero attached hydrogens (tertiary/aromatic N) is 2. The van der Waals surface area contributed by atoms with Gasteiger partial charge < -0.3 is 4.52 Å². The second-order valence-electron chi connectivity index (χ2n) is 5.12. The Morgan fingerprint density at radius 2 is 2.32 bits per heavy atom. The van der Waals surface area contributed by atoms with Crippen molar-refractivity contribution in [3.8, 4) is 0 Å². The summed E-state index contributed by atoms with van der Waals surface area (Å²) in [7, 11) is 0. The number of hydrogen-bond acceptors (Lipinski definition) is 3. The van der Waals surface area contributed by atoms with Crippen LogP contribution in [-0.2, 0) is 6.54 Å². The van der Waals surface area contributed by atoms with E-state index in [4.69, 9.17) is 4.52 Å². The van der Waals surface area contributed by atoms with E-state index in [2.05, 4.69) is 10.1 Å². The molecule has 0 N–H and O–H groups in total. The predicted molar refractivity (Wildman–Crippen MR) is 70.0 cm³/mol. The second kappa shape index (κ2) is 5.13. The summed E-state index contributed by atoms with van der Waals surface area (Å²) >= 11 is 0. The van der Waals surface area contributed by atoms with Crippen molar-refractivity contribution >= 4 is 0 Å². The minimum Gasteiger partial charge on any atom is -0.361 e. The van der Waals surface area contributed by atoms with E-state index in [1.165, 1.54) is 6.07 Å². The van der Waals surface area contributed by atoms with Crippen molar-refractivity contribution in [2.75, 3.05) is 6.54 Å². The molecule has 1 saturated heterocycles. The Morgan fingerprint density at radius 1 is 1.42 bits per heavy atom. The van der Waals surface area contributed by atoms with Gasteiger partial charge in [-0.05, 0) is 44.0 Å². The fraction of sp³-hybridized carbons (Fsp3) is 0.400. The summed E-state index contributed by atoms with van der Waals surface area (Å²) in [6.07, 6.45) is 2.23. The molecule has 2 heterocycles. The molecule has 0 spiro atoms. The quantitative estimate of drug-likeness (QED) is 0.846. The smallest absolute Gasteiger partial charge is 0.133 e. The van der Waals surface area contributed by atoms with Crippen LogP contribution in [0.15, 0.2) is 34.9 Å². The first kappa shape index (κ1) is 12.4. The first-order valence-corrected chi connectivity index (χ1v) is 6.64. The summed E-state index contributed by atoms with van der Waals surface area (Å²) in [5.74, 6) is 0.665. The van der Waals surface area contributed by atoms with E-state index in [-0.39, 0.29) is 5.82 Å². The molecule has 100 valence electrons. The summed E-state index contributed by atoms with van der Waals surface area (Å²) in [4.78, 5) is 2.34. The van der Waals surface area contributed by atoms with Crippen LogP contribution in [0.25, 0.3) is 0 Å². The van der Waals surface area contributed by atoms with Crippen molar-refractivity contribution in [3.63, 3.8) is 0 Å². The standard InChI is InChI=1S/C15H17FN2O/c1-11-8-14(17-19-11)15-6-3-7-18(15)10-12-4-2-5-13(16)9-12/h2,4-5,8-9,15H,3,6-7,10H2,1H3. The number of aromatic nitrogens is 1. The molecule has 3 nitrogen and oxygen atoms in total. The fourth-order valence-corrected chi connectivity index (χ4v) is 2.76. The molecule has 1 aromatic heterocycles. The Morgan fingerprint density at radius 3 is 3.05 bits per heavy atom. The lowest BCUT2D eigenvalue weighted by Gasteiger charge is -2.22. The Bertz CT molecular complexity index is 567. The number of hydrogen-bond donors (Lipinski definition) is 0. The normalized spacial score (nSPS) is 20.0. The van der Waals surface area contributed by atoms with Gasteiger partial charge in [0.15, 0.2) is 0 Å². The molecule has 0 radical (unpaired) electrons. The third kappa shape index (κ3) is 2.68. The Labute approximate surface area is 112 Å². The summed E-state index contributed by atoms with van der Waals surface area (Å²) in [5, 5.41) is 4.12. The third-order valence-corrected chi connectivity index (χ3v) is 3.63. The summed E-state index contributed by atoms with van der Waals surface area (Å²) in [6.45, 7) is 3.68. The van der Waals surface area contributed by atoms with Crippen LogP contribution in [0.3, 0.4) is 0 Å². The molecule has 0 aliphatic carbocycles. The van der Waals surface area contributed by atoms with Crippen LogP contribution in [0.5, 0.6) is 0 Å². The van der Waals surface area contributed by atoms with E-state index in [1.54, 1.807) is 12.1 Å². The highest BCUT2D eigenvalue weighted by Gasteiger charge is 2.28. The van der Waals surface area contributed by atoms with Gasteiger partial charge in [-0.15, -0.1) is 0 Å². The predicted octanol–water partition coefficient (Wildman–Crippen LogP) is 3.46. The molecule has 1 aromatic carbocycles. The van der Waals surface area contributed by atoms with Gasteiger partial charge in [0.25, 0.3) is 0 Å². The molecule has 1 aliphatic heterocycles. The lowest BCUT2D eigenvalue weighted by atomic mass is 10.1. The van der Waals surface area contributed by atoms with Gasteiger partial charge in [0.1, 0.15) is 17.3 Å². The van der Waals surface area contributed by atoms with Crippen molar-refractivity contribution in [2.45, 2.75) is 32.4 Å². The Kier molecular flexibility index (Phi) is 3.34. The number of aryl methyl sites for hydroxylation is 1. The molecule has 2 aromatic rings. The van der Waals surface area contributed by atoms with E-state index < -0.39 is 0 Å². The zero-order valence-corrected chi connectivity index (χ0v) is 11.0. The number of rotatable bonds is 3. The van der Waals surface area contributed by atoms with Crippen molar-refractivity contribution in [1.82, 2.24) is 10.1 Å². The number of likely N-dealkylation sites (tertiary alicyclic amines) is 1. The van der Waals surface area contributed by atoms with E-state index in [0.29, 0.717) is 6.04 Å². The van der Waals surface area contributed by atoms with Crippen LogP contribution in [-0.4, -0.2) is 16.6 Å². The summed E-state index contributed by atoms with van der Waals surface area (Å²) < 4.78 is 18.4. The average Bonchev–Trinajstić information content (AvgIpc) is 2.98. The van der Waals surface area contributed by atoms with E-state index in [9.17, 15) is 4.39 Å². The van der Waals surface area contributed by atoms with Gasteiger partial charge in [0.2, 0.25) is 0 Å². The molecular weight excluding hydrogens is 243 g/mol. The van der Waals surface area contributed by atoms with E-state index in [0.717, 1.165) is 42.9 Å². The van der Waals surface area contributed by atoms with Crippen LogP contribution in [0.1, 0.15) is 35.9 Å². The monoisotopic (exact) mass is 260 g/mol. The van der Waals surface area contributed by atoms with Gasteiger partial charge in [0.05, 0.1) is 6.04 Å². The van der Waals surface area contributed by atoms with Crippen molar-refractivity contribution in [1.29, 1.82) is 0 Å². The van der Waals surface area contributed by atoms with Gasteiger partial charge in [-0.2, -0.15) is 0 Å². The lowest BCUT2D eigenvalue weighted by Crippen LogP contribution is -2.23. The molecule has 1 atom stereocenters. The zero-order chi connectivity index (χ0) is 13.2. The highest BCUT2D eigenvalue weighted by molar-refractivity contribution is 5.18. The van der Waals surface area contributed by atoms with Crippen LogP contribution in [0.4, 0.5) is 4.39 Å². The maximum Gasteiger partial charge on any atom is 0.133 e. The largest absolute Gasteiger partial charge is 0.361 e. The van der Waals surface area contributed by atoms with Crippen LogP contribution in [0.2, 0.25) is 0 Å². The Hall–Kier alpha value is -1.68. The Balaban J connectivity index is 1.76. The zero-order valence-electron chi connectivity index (χ0n) is 11.0. The molecule has 19 heavy (non-hydrogen) atoms. The highest BCUT2D eigenvalue weighted by atomic mass is 19.1. The molecular formula is C15H17FN2O.